The van der Waals surface area contributed by atoms with Crippen LogP contribution in [0, 0.1) is 5.92 Å². The summed E-state index contributed by atoms with van der Waals surface area (Å²) >= 11 is 1.64. The predicted octanol–water partition coefficient (Wildman–Crippen LogP) is 3.91. The number of allylic oxidation sites excluding steroid dienone is 2. The van der Waals surface area contributed by atoms with Gasteiger partial charge in [-0.2, -0.15) is 0 Å². The van der Waals surface area contributed by atoms with Crippen LogP contribution in [-0.4, -0.2) is 43.0 Å². The number of carbonyl (C=O) groups is 2. The Labute approximate surface area is 170 Å². The summed E-state index contributed by atoms with van der Waals surface area (Å²) in [6.07, 6.45) is 0. The summed E-state index contributed by atoms with van der Waals surface area (Å²) in [5.74, 6) is -1.26. The van der Waals surface area contributed by atoms with Crippen molar-refractivity contribution in [1.82, 2.24) is 10.2 Å². The van der Waals surface area contributed by atoms with E-state index in [4.69, 9.17) is 4.74 Å². The zero-order valence-corrected chi connectivity index (χ0v) is 18.1. The van der Waals surface area contributed by atoms with Gasteiger partial charge in [-0.3, -0.25) is 14.5 Å². The van der Waals surface area contributed by atoms with Crippen LogP contribution in [0.5, 0.6) is 0 Å². The van der Waals surface area contributed by atoms with Crippen molar-refractivity contribution in [2.24, 2.45) is 5.92 Å². The molecule has 0 spiro atoms. The van der Waals surface area contributed by atoms with Gasteiger partial charge in [0.1, 0.15) is 11.6 Å². The van der Waals surface area contributed by atoms with E-state index < -0.39 is 11.6 Å². The van der Waals surface area contributed by atoms with Crippen molar-refractivity contribution in [3.63, 3.8) is 0 Å². The number of benzene rings is 1. The fourth-order valence-corrected chi connectivity index (χ4v) is 5.29. The van der Waals surface area contributed by atoms with E-state index in [2.05, 4.69) is 22.8 Å². The second-order valence-electron chi connectivity index (χ2n) is 7.66. The van der Waals surface area contributed by atoms with Crippen LogP contribution in [0.2, 0.25) is 0 Å². The van der Waals surface area contributed by atoms with Crippen molar-refractivity contribution in [3.05, 3.63) is 46.5 Å². The summed E-state index contributed by atoms with van der Waals surface area (Å²) in [4.78, 5) is 27.9. The molecule has 2 aromatic rings. The van der Waals surface area contributed by atoms with Crippen molar-refractivity contribution < 1.29 is 14.3 Å². The van der Waals surface area contributed by atoms with Crippen LogP contribution >= 0.6 is 11.3 Å². The quantitative estimate of drug-likeness (QED) is 0.771. The second kappa shape index (κ2) is 7.68. The average Bonchev–Trinajstić information content (AvgIpc) is 3.04. The summed E-state index contributed by atoms with van der Waals surface area (Å²) in [6.45, 7) is 7.59. The van der Waals surface area contributed by atoms with E-state index in [0.717, 1.165) is 21.3 Å². The first-order valence-electron chi connectivity index (χ1n) is 9.52. The molecule has 3 rings (SSSR count). The number of nitrogens with one attached hydrogen (secondary N) is 1. The molecule has 0 radical (unpaired) electrons. The van der Waals surface area contributed by atoms with E-state index >= 15 is 0 Å². The lowest BCUT2D eigenvalue weighted by Crippen LogP contribution is -2.64. The third-order valence-electron chi connectivity index (χ3n) is 5.79. The van der Waals surface area contributed by atoms with Crippen LogP contribution in [0.15, 0.2) is 40.9 Å². The van der Waals surface area contributed by atoms with Gasteiger partial charge in [0.2, 0.25) is 0 Å². The van der Waals surface area contributed by atoms with Gasteiger partial charge in [0.25, 0.3) is 0 Å². The van der Waals surface area contributed by atoms with Crippen LogP contribution in [-0.2, 0) is 14.3 Å². The molecule has 2 heterocycles. The maximum Gasteiger partial charge on any atom is 0.313 e. The van der Waals surface area contributed by atoms with Gasteiger partial charge in [0, 0.05) is 21.9 Å². The normalized spacial score (nSPS) is 25.1. The highest BCUT2D eigenvalue weighted by molar-refractivity contribution is 7.17. The lowest BCUT2D eigenvalue weighted by atomic mass is 9.69. The first kappa shape index (κ1) is 20.6. The van der Waals surface area contributed by atoms with Crippen LogP contribution in [0.3, 0.4) is 0 Å². The van der Waals surface area contributed by atoms with Crippen molar-refractivity contribution in [3.8, 4) is 0 Å². The minimum Gasteiger partial charge on any atom is -0.466 e. The first-order valence-corrected chi connectivity index (χ1v) is 10.4. The molecule has 28 heavy (non-hydrogen) atoms. The van der Waals surface area contributed by atoms with Crippen molar-refractivity contribution >= 4 is 33.2 Å². The Kier molecular flexibility index (Phi) is 5.64. The SMILES string of the molecule is CCOC(=O)C1C(c2csc3ccccc23)C(C(C)=O)=C(C)NC1(C)N(C)C. The number of hydrogen-bond acceptors (Lipinski definition) is 6. The molecule has 0 saturated heterocycles. The van der Waals surface area contributed by atoms with E-state index in [1.54, 1.807) is 18.3 Å². The summed E-state index contributed by atoms with van der Waals surface area (Å²) in [7, 11) is 3.88. The number of rotatable bonds is 5. The molecule has 0 saturated carbocycles. The van der Waals surface area contributed by atoms with E-state index in [0.29, 0.717) is 12.2 Å². The number of esters is 1. The number of fused-ring (bicyclic) bond motifs is 1. The molecule has 3 unspecified atom stereocenters. The van der Waals surface area contributed by atoms with Crippen molar-refractivity contribution in [2.75, 3.05) is 20.7 Å². The standard InChI is InChI=1S/C22H28N2O3S/c1-7-27-21(26)20-19(16-12-28-17-11-9-8-10-15(16)17)18(14(3)25)13(2)23-22(20,4)24(5)6/h8-12,19-20,23H,7H2,1-6H3. The van der Waals surface area contributed by atoms with Gasteiger partial charge in [0.15, 0.2) is 5.78 Å². The van der Waals surface area contributed by atoms with Crippen LogP contribution in [0.25, 0.3) is 10.1 Å². The van der Waals surface area contributed by atoms with E-state index in [-0.39, 0.29) is 17.7 Å². The van der Waals surface area contributed by atoms with E-state index in [1.807, 2.05) is 51.9 Å². The first-order chi connectivity index (χ1) is 13.2. The molecule has 0 fully saturated rings. The van der Waals surface area contributed by atoms with Gasteiger partial charge >= 0.3 is 5.97 Å². The number of ketones is 1. The van der Waals surface area contributed by atoms with E-state index in [1.165, 1.54) is 0 Å². The lowest BCUT2D eigenvalue weighted by Gasteiger charge is -2.50. The maximum absolute atomic E-state index is 13.2. The molecule has 1 aromatic carbocycles. The Hall–Kier alpha value is -2.18. The van der Waals surface area contributed by atoms with Crippen LogP contribution in [0.1, 0.15) is 39.2 Å². The topological polar surface area (TPSA) is 58.6 Å². The lowest BCUT2D eigenvalue weighted by molar-refractivity contribution is -0.155. The smallest absolute Gasteiger partial charge is 0.313 e. The molecule has 3 atom stereocenters. The Bertz CT molecular complexity index is 946. The van der Waals surface area contributed by atoms with Crippen molar-refractivity contribution in [2.45, 2.75) is 39.3 Å². The minimum absolute atomic E-state index is 0.0274. The fraction of sp³-hybridized carbons (Fsp3) is 0.455. The molecule has 0 aliphatic carbocycles. The molecule has 1 aliphatic heterocycles. The van der Waals surface area contributed by atoms with Gasteiger partial charge in [0.05, 0.1) is 6.61 Å². The van der Waals surface area contributed by atoms with Gasteiger partial charge in [-0.25, -0.2) is 0 Å². The number of ether oxygens (including phenoxy) is 1. The highest BCUT2D eigenvalue weighted by Crippen LogP contribution is 2.48. The van der Waals surface area contributed by atoms with Crippen LogP contribution < -0.4 is 5.32 Å². The molecule has 5 nitrogen and oxygen atoms in total. The summed E-state index contributed by atoms with van der Waals surface area (Å²) in [6, 6.07) is 8.13. The summed E-state index contributed by atoms with van der Waals surface area (Å²) in [5, 5.41) is 6.61. The molecule has 150 valence electrons. The average molecular weight is 401 g/mol. The Morgan fingerprint density at radius 2 is 1.96 bits per heavy atom. The third-order valence-corrected chi connectivity index (χ3v) is 6.77. The highest BCUT2D eigenvalue weighted by atomic mass is 32.1. The highest BCUT2D eigenvalue weighted by Gasteiger charge is 2.53. The van der Waals surface area contributed by atoms with Gasteiger partial charge in [-0.05, 0) is 64.2 Å². The zero-order valence-electron chi connectivity index (χ0n) is 17.3. The third kappa shape index (κ3) is 3.25. The number of thiophene rings is 1. The number of nitrogens with zero attached hydrogens (tertiary/aromatic N) is 1. The predicted molar refractivity (Wildman–Crippen MR) is 113 cm³/mol. The molecular weight excluding hydrogens is 372 g/mol. The Balaban J connectivity index is 2.32. The fourth-order valence-electron chi connectivity index (χ4n) is 4.29. The maximum atomic E-state index is 13.2. The van der Waals surface area contributed by atoms with Crippen molar-refractivity contribution in [1.29, 1.82) is 0 Å². The molecule has 0 bridgehead atoms. The summed E-state index contributed by atoms with van der Waals surface area (Å²) < 4.78 is 6.64. The monoisotopic (exact) mass is 400 g/mol. The van der Waals surface area contributed by atoms with Crippen LogP contribution in [0.4, 0.5) is 0 Å². The number of hydrogen-bond donors (Lipinski definition) is 1. The molecular formula is C22H28N2O3S. The zero-order chi connectivity index (χ0) is 20.6. The minimum atomic E-state index is -0.691. The largest absolute Gasteiger partial charge is 0.466 e. The molecule has 0 amide bonds. The van der Waals surface area contributed by atoms with E-state index in [9.17, 15) is 9.59 Å². The molecule has 6 heteroatoms. The number of Topliss-reactive ketones (excluding diaryl/α,β-unsaturated/α-hetero) is 1. The van der Waals surface area contributed by atoms with Gasteiger partial charge < -0.3 is 10.1 Å². The molecule has 1 aliphatic rings. The molecule has 1 N–H and O–H groups in total. The molecule has 1 aromatic heterocycles. The van der Waals surface area contributed by atoms with Gasteiger partial charge in [-0.15, -0.1) is 11.3 Å². The summed E-state index contributed by atoms with van der Waals surface area (Å²) in [5.41, 5.74) is 1.78. The van der Waals surface area contributed by atoms with Gasteiger partial charge in [-0.1, -0.05) is 18.2 Å². The number of carbonyl (C=O) groups excluding carboxylic acids is 2. The second-order valence-corrected chi connectivity index (χ2v) is 8.57. The Morgan fingerprint density at radius 3 is 2.57 bits per heavy atom. The Morgan fingerprint density at radius 1 is 1.29 bits per heavy atom.